The predicted octanol–water partition coefficient (Wildman–Crippen LogP) is 2.52. The number of hydrogen-bond donors (Lipinski definition) is 2. The van der Waals surface area contributed by atoms with E-state index in [4.69, 9.17) is 0 Å². The number of benzene rings is 1. The lowest BCUT2D eigenvalue weighted by molar-refractivity contribution is -0.137. The lowest BCUT2D eigenvalue weighted by Crippen LogP contribution is -2.30. The Morgan fingerprint density at radius 1 is 1.10 bits per heavy atom. The van der Waals surface area contributed by atoms with E-state index in [2.05, 4.69) is 25.1 Å². The Bertz CT molecular complexity index is 1080. The number of rotatable bonds is 8. The van der Waals surface area contributed by atoms with Gasteiger partial charge in [-0.1, -0.05) is 12.1 Å². The first-order valence-corrected chi connectivity index (χ1v) is 10.5. The Kier molecular flexibility index (Phi) is 6.37. The van der Waals surface area contributed by atoms with Crippen LogP contribution in [0.25, 0.3) is 5.82 Å². The summed E-state index contributed by atoms with van der Waals surface area (Å²) >= 11 is 0. The summed E-state index contributed by atoms with van der Waals surface area (Å²) in [5.74, 6) is 1.18. The highest BCUT2D eigenvalue weighted by Crippen LogP contribution is 2.29. The van der Waals surface area contributed by atoms with Crippen molar-refractivity contribution in [2.24, 2.45) is 0 Å². The minimum atomic E-state index is -4.46. The van der Waals surface area contributed by atoms with E-state index in [9.17, 15) is 21.6 Å². The molecule has 0 bridgehead atoms. The van der Waals surface area contributed by atoms with Gasteiger partial charge in [-0.3, -0.25) is 0 Å². The Hall–Kier alpha value is -2.99. The number of aromatic nitrogens is 4. The van der Waals surface area contributed by atoms with Gasteiger partial charge in [-0.2, -0.15) is 18.3 Å². The summed E-state index contributed by atoms with van der Waals surface area (Å²) in [6.45, 7) is 2.05. The van der Waals surface area contributed by atoms with E-state index in [1.54, 1.807) is 36.1 Å². The van der Waals surface area contributed by atoms with Crippen LogP contribution in [-0.4, -0.2) is 41.3 Å². The van der Waals surface area contributed by atoms with E-state index in [0.717, 1.165) is 24.3 Å². The Morgan fingerprint density at radius 3 is 2.47 bits per heavy atom. The van der Waals surface area contributed by atoms with Crippen molar-refractivity contribution in [1.82, 2.24) is 24.5 Å². The zero-order chi connectivity index (χ0) is 21.8. The summed E-state index contributed by atoms with van der Waals surface area (Å²) in [5, 5.41) is 7.10. The molecule has 1 aromatic carbocycles. The fraction of sp³-hybridized carbons (Fsp3) is 0.278. The van der Waals surface area contributed by atoms with Gasteiger partial charge in [-0.15, -0.1) is 0 Å². The normalized spacial score (nSPS) is 12.1. The van der Waals surface area contributed by atoms with Crippen molar-refractivity contribution in [3.63, 3.8) is 0 Å². The highest BCUT2D eigenvalue weighted by Gasteiger charge is 2.30. The second-order valence-electron chi connectivity index (χ2n) is 6.38. The topological polar surface area (TPSA) is 102 Å². The van der Waals surface area contributed by atoms with Gasteiger partial charge in [0.15, 0.2) is 5.82 Å². The summed E-state index contributed by atoms with van der Waals surface area (Å²) in [4.78, 5) is 8.52. The zero-order valence-corrected chi connectivity index (χ0v) is 16.7. The second kappa shape index (κ2) is 8.79. The molecule has 0 unspecified atom stereocenters. The number of anilines is 1. The quantitative estimate of drug-likeness (QED) is 0.522. The van der Waals surface area contributed by atoms with Crippen molar-refractivity contribution in [3.05, 3.63) is 65.7 Å². The summed E-state index contributed by atoms with van der Waals surface area (Å²) in [5.41, 5.74) is -0.561. The summed E-state index contributed by atoms with van der Waals surface area (Å²) in [6.07, 6.45) is -1.10. The summed E-state index contributed by atoms with van der Waals surface area (Å²) < 4.78 is 66.0. The SMILES string of the molecule is Cc1nc(NCCNS(=O)(=O)Cc2ccc(C(F)(F)F)cc2)cc(-n2cccn2)n1. The monoisotopic (exact) mass is 440 g/mol. The van der Waals surface area contributed by atoms with E-state index in [1.807, 2.05) is 0 Å². The number of halogens is 3. The molecule has 0 atom stereocenters. The first kappa shape index (κ1) is 21.7. The molecule has 0 saturated carbocycles. The van der Waals surface area contributed by atoms with Gasteiger partial charge in [0.25, 0.3) is 0 Å². The molecule has 0 aliphatic rings. The molecular formula is C18H19F3N6O2S. The minimum Gasteiger partial charge on any atom is -0.369 e. The molecule has 0 fully saturated rings. The average Bonchev–Trinajstić information content (AvgIpc) is 3.19. The number of nitrogens with one attached hydrogen (secondary N) is 2. The molecular weight excluding hydrogens is 421 g/mol. The van der Waals surface area contributed by atoms with Crippen LogP contribution >= 0.6 is 0 Å². The molecule has 0 saturated heterocycles. The fourth-order valence-electron chi connectivity index (χ4n) is 2.62. The lowest BCUT2D eigenvalue weighted by Gasteiger charge is -2.11. The third-order valence-corrected chi connectivity index (χ3v) is 5.31. The van der Waals surface area contributed by atoms with Crippen molar-refractivity contribution < 1.29 is 21.6 Å². The Balaban J connectivity index is 1.52. The largest absolute Gasteiger partial charge is 0.416 e. The van der Waals surface area contributed by atoms with Gasteiger partial charge < -0.3 is 5.32 Å². The molecule has 0 aliphatic carbocycles. The van der Waals surface area contributed by atoms with Gasteiger partial charge in [-0.25, -0.2) is 27.8 Å². The number of hydrogen-bond acceptors (Lipinski definition) is 6. The number of sulfonamides is 1. The summed E-state index contributed by atoms with van der Waals surface area (Å²) in [7, 11) is -3.71. The van der Waals surface area contributed by atoms with Crippen LogP contribution in [0.4, 0.5) is 19.0 Å². The van der Waals surface area contributed by atoms with Crippen molar-refractivity contribution in [1.29, 1.82) is 0 Å². The van der Waals surface area contributed by atoms with Crippen LogP contribution in [0.3, 0.4) is 0 Å². The number of aryl methyl sites for hydroxylation is 1. The highest BCUT2D eigenvalue weighted by molar-refractivity contribution is 7.88. The average molecular weight is 440 g/mol. The standard InChI is InChI=1S/C18H19F3N6O2S/c1-13-25-16(11-17(26-13)27-10-2-7-23-27)22-8-9-24-30(28,29)12-14-3-5-15(6-4-14)18(19,20)21/h2-7,10-11,24H,8-9,12H2,1H3,(H,22,25,26). The van der Waals surface area contributed by atoms with Crippen molar-refractivity contribution in [2.75, 3.05) is 18.4 Å². The first-order valence-electron chi connectivity index (χ1n) is 8.85. The maximum absolute atomic E-state index is 12.6. The number of nitrogens with zero attached hydrogens (tertiary/aromatic N) is 4. The van der Waals surface area contributed by atoms with Crippen molar-refractivity contribution >= 4 is 15.8 Å². The molecule has 3 rings (SSSR count). The van der Waals surface area contributed by atoms with E-state index in [1.165, 1.54) is 0 Å². The van der Waals surface area contributed by atoms with Crippen LogP contribution in [-0.2, 0) is 22.0 Å². The highest BCUT2D eigenvalue weighted by atomic mass is 32.2. The zero-order valence-electron chi connectivity index (χ0n) is 15.9. The van der Waals surface area contributed by atoms with Crippen molar-refractivity contribution in [2.45, 2.75) is 18.9 Å². The predicted molar refractivity (Wildman–Crippen MR) is 104 cm³/mol. The fourth-order valence-corrected chi connectivity index (χ4v) is 3.77. The third kappa shape index (κ3) is 6.00. The van der Waals surface area contributed by atoms with E-state index >= 15 is 0 Å². The van der Waals surface area contributed by atoms with Crippen LogP contribution in [0.5, 0.6) is 0 Å². The van der Waals surface area contributed by atoms with E-state index in [-0.39, 0.29) is 18.7 Å². The Labute approximate surface area is 171 Å². The van der Waals surface area contributed by atoms with Crippen LogP contribution in [0, 0.1) is 6.92 Å². The second-order valence-corrected chi connectivity index (χ2v) is 8.19. The molecule has 2 N–H and O–H groups in total. The van der Waals surface area contributed by atoms with Gasteiger partial charge >= 0.3 is 6.18 Å². The smallest absolute Gasteiger partial charge is 0.369 e. The van der Waals surface area contributed by atoms with Crippen molar-refractivity contribution in [3.8, 4) is 5.82 Å². The molecule has 0 amide bonds. The maximum Gasteiger partial charge on any atom is 0.416 e. The van der Waals surface area contributed by atoms with Crippen LogP contribution in [0.1, 0.15) is 17.0 Å². The van der Waals surface area contributed by atoms with Gasteiger partial charge in [0.05, 0.1) is 11.3 Å². The Morgan fingerprint density at radius 2 is 1.83 bits per heavy atom. The van der Waals surface area contributed by atoms with E-state index < -0.39 is 27.5 Å². The van der Waals surface area contributed by atoms with Gasteiger partial charge in [-0.05, 0) is 30.7 Å². The van der Waals surface area contributed by atoms with Crippen LogP contribution in [0.2, 0.25) is 0 Å². The molecule has 12 heteroatoms. The van der Waals surface area contributed by atoms with Gasteiger partial charge in [0, 0.05) is 31.5 Å². The van der Waals surface area contributed by atoms with Gasteiger partial charge in [0.2, 0.25) is 10.0 Å². The van der Waals surface area contributed by atoms with Gasteiger partial charge in [0.1, 0.15) is 11.6 Å². The maximum atomic E-state index is 12.6. The molecule has 30 heavy (non-hydrogen) atoms. The summed E-state index contributed by atoms with van der Waals surface area (Å²) in [6, 6.07) is 7.47. The third-order valence-electron chi connectivity index (χ3n) is 3.95. The molecule has 8 nitrogen and oxygen atoms in total. The minimum absolute atomic E-state index is 0.0725. The molecule has 0 spiro atoms. The molecule has 0 radical (unpaired) electrons. The molecule has 160 valence electrons. The lowest BCUT2D eigenvalue weighted by atomic mass is 10.1. The molecule has 2 aromatic heterocycles. The molecule has 2 heterocycles. The first-order chi connectivity index (χ1) is 14.1. The van der Waals surface area contributed by atoms with Crippen LogP contribution in [0.15, 0.2) is 48.8 Å². The molecule has 0 aliphatic heterocycles. The number of alkyl halides is 3. The van der Waals surface area contributed by atoms with E-state index in [0.29, 0.717) is 17.5 Å². The van der Waals surface area contributed by atoms with Crippen LogP contribution < -0.4 is 10.0 Å². The molecule has 3 aromatic rings.